The van der Waals surface area contributed by atoms with Gasteiger partial charge in [0, 0.05) is 19.1 Å². The van der Waals surface area contributed by atoms with E-state index in [4.69, 9.17) is 5.11 Å². The molecule has 0 heterocycles. The minimum absolute atomic E-state index is 0.172. The summed E-state index contributed by atoms with van der Waals surface area (Å²) in [6.07, 6.45) is 4.76. The molecule has 0 radical (unpaired) electrons. The highest BCUT2D eigenvalue weighted by Crippen LogP contribution is 2.18. The summed E-state index contributed by atoms with van der Waals surface area (Å²) in [5, 5.41) is 17.6. The fourth-order valence-electron chi connectivity index (χ4n) is 1.68. The molecule has 0 aromatic carbocycles. The van der Waals surface area contributed by atoms with Crippen LogP contribution in [0.5, 0.6) is 0 Å². The van der Waals surface area contributed by atoms with E-state index in [1.165, 1.54) is 12.8 Å². The summed E-state index contributed by atoms with van der Waals surface area (Å²) in [4.78, 5) is 21.9. The predicted octanol–water partition coefficient (Wildman–Crippen LogP) is 0.929. The molecule has 1 atom stereocenters. The van der Waals surface area contributed by atoms with Crippen molar-refractivity contribution in [3.05, 3.63) is 0 Å². The summed E-state index contributed by atoms with van der Waals surface area (Å²) < 4.78 is 0. The second-order valence-corrected chi connectivity index (χ2v) is 5.15. The smallest absolute Gasteiger partial charge is 0.314 e. The molecule has 6 nitrogen and oxygen atoms in total. The van der Waals surface area contributed by atoms with Gasteiger partial charge in [0.1, 0.15) is 0 Å². The van der Waals surface area contributed by atoms with Crippen LogP contribution < -0.4 is 16.0 Å². The first-order valence-electron chi connectivity index (χ1n) is 7.07. The van der Waals surface area contributed by atoms with Crippen LogP contribution in [0.1, 0.15) is 39.0 Å². The molecule has 1 aliphatic carbocycles. The summed E-state index contributed by atoms with van der Waals surface area (Å²) >= 11 is 0. The summed E-state index contributed by atoms with van der Waals surface area (Å²) in [6, 6.07) is 0.541. The lowest BCUT2D eigenvalue weighted by molar-refractivity contribution is -0.141. The number of urea groups is 1. The van der Waals surface area contributed by atoms with Crippen LogP contribution in [0.2, 0.25) is 0 Å². The molecule has 0 aromatic rings. The number of carboxylic acids is 1. The maximum Gasteiger partial charge on any atom is 0.314 e. The molecule has 0 aromatic heterocycles. The third-order valence-electron chi connectivity index (χ3n) is 3.17. The number of hydrogen-bond donors (Lipinski definition) is 4. The van der Waals surface area contributed by atoms with Crippen molar-refractivity contribution in [2.24, 2.45) is 5.92 Å². The summed E-state index contributed by atoms with van der Waals surface area (Å²) in [7, 11) is 0. The number of amides is 2. The quantitative estimate of drug-likeness (QED) is 0.445. The molecule has 1 saturated carbocycles. The van der Waals surface area contributed by atoms with Crippen LogP contribution in [-0.4, -0.2) is 42.8 Å². The molecule has 1 aliphatic rings. The topological polar surface area (TPSA) is 90.5 Å². The summed E-state index contributed by atoms with van der Waals surface area (Å²) in [6.45, 7) is 3.80. The van der Waals surface area contributed by atoms with Crippen LogP contribution >= 0.6 is 0 Å². The number of rotatable bonds is 10. The van der Waals surface area contributed by atoms with E-state index in [1.807, 2.05) is 0 Å². The monoisotopic (exact) mass is 271 g/mol. The molecule has 0 bridgehead atoms. The molecule has 0 saturated heterocycles. The van der Waals surface area contributed by atoms with Crippen LogP contribution in [-0.2, 0) is 4.79 Å². The summed E-state index contributed by atoms with van der Waals surface area (Å²) in [5.41, 5.74) is 0. The number of carbonyl (C=O) groups excluding carboxylic acids is 1. The first-order valence-corrected chi connectivity index (χ1v) is 7.07. The van der Waals surface area contributed by atoms with E-state index in [9.17, 15) is 9.59 Å². The van der Waals surface area contributed by atoms with Gasteiger partial charge in [0.05, 0.1) is 5.92 Å². The van der Waals surface area contributed by atoms with Crippen molar-refractivity contribution in [3.63, 3.8) is 0 Å². The van der Waals surface area contributed by atoms with Crippen molar-refractivity contribution in [2.45, 2.75) is 45.1 Å². The first-order chi connectivity index (χ1) is 9.09. The van der Waals surface area contributed by atoms with Crippen LogP contribution in [0.25, 0.3) is 0 Å². The number of nitrogens with one attached hydrogen (secondary N) is 3. The molecular weight excluding hydrogens is 246 g/mol. The van der Waals surface area contributed by atoms with Crippen molar-refractivity contribution in [1.29, 1.82) is 0 Å². The fourth-order valence-corrected chi connectivity index (χ4v) is 1.68. The predicted molar refractivity (Wildman–Crippen MR) is 73.1 cm³/mol. The van der Waals surface area contributed by atoms with Gasteiger partial charge in [-0.1, -0.05) is 6.92 Å². The van der Waals surface area contributed by atoms with Gasteiger partial charge in [-0.2, -0.15) is 0 Å². The zero-order chi connectivity index (χ0) is 14.1. The number of aliphatic carboxylic acids is 1. The van der Waals surface area contributed by atoms with Gasteiger partial charge in [0.15, 0.2) is 0 Å². The van der Waals surface area contributed by atoms with Gasteiger partial charge >= 0.3 is 12.0 Å². The Morgan fingerprint density at radius 3 is 2.37 bits per heavy atom. The highest BCUT2D eigenvalue weighted by atomic mass is 16.4. The standard InChI is InChI=1S/C13H25N3O3/c1-10(12(17)18)4-2-7-15-13(19)16-9-3-8-14-11-5-6-11/h10-11,14H,2-9H2,1H3,(H,17,18)(H2,15,16,19). The molecule has 6 heteroatoms. The zero-order valence-corrected chi connectivity index (χ0v) is 11.6. The molecule has 0 spiro atoms. The average Bonchev–Trinajstić information content (AvgIpc) is 3.17. The third kappa shape index (κ3) is 8.42. The largest absolute Gasteiger partial charge is 0.481 e. The molecular formula is C13H25N3O3. The Morgan fingerprint density at radius 1 is 1.16 bits per heavy atom. The van der Waals surface area contributed by atoms with Crippen molar-refractivity contribution >= 4 is 12.0 Å². The fraction of sp³-hybridized carbons (Fsp3) is 0.846. The third-order valence-corrected chi connectivity index (χ3v) is 3.17. The molecule has 1 fully saturated rings. The molecule has 19 heavy (non-hydrogen) atoms. The second-order valence-electron chi connectivity index (χ2n) is 5.15. The lowest BCUT2D eigenvalue weighted by Gasteiger charge is -2.09. The van der Waals surface area contributed by atoms with Crippen molar-refractivity contribution in [2.75, 3.05) is 19.6 Å². The normalized spacial score (nSPS) is 15.8. The van der Waals surface area contributed by atoms with E-state index < -0.39 is 5.97 Å². The van der Waals surface area contributed by atoms with Gasteiger partial charge in [0.2, 0.25) is 0 Å². The Balaban J connectivity index is 1.85. The minimum Gasteiger partial charge on any atom is -0.481 e. The van der Waals surface area contributed by atoms with E-state index in [0.717, 1.165) is 13.0 Å². The van der Waals surface area contributed by atoms with Gasteiger partial charge in [-0.3, -0.25) is 4.79 Å². The number of carbonyl (C=O) groups is 2. The number of hydrogen-bond acceptors (Lipinski definition) is 3. The molecule has 1 rings (SSSR count). The first kappa shape index (κ1) is 15.8. The SMILES string of the molecule is CC(CCCNC(=O)NCCCNC1CC1)C(=O)O. The van der Waals surface area contributed by atoms with Crippen LogP contribution in [0.15, 0.2) is 0 Å². The highest BCUT2D eigenvalue weighted by molar-refractivity contribution is 5.73. The summed E-state index contributed by atoms with van der Waals surface area (Å²) in [5.74, 6) is -1.13. The van der Waals surface area contributed by atoms with Gasteiger partial charge in [-0.25, -0.2) is 4.79 Å². The van der Waals surface area contributed by atoms with Crippen LogP contribution in [0, 0.1) is 5.92 Å². The molecule has 2 amide bonds. The van der Waals surface area contributed by atoms with E-state index in [0.29, 0.717) is 32.0 Å². The van der Waals surface area contributed by atoms with Crippen molar-refractivity contribution < 1.29 is 14.7 Å². The van der Waals surface area contributed by atoms with Gasteiger partial charge < -0.3 is 21.1 Å². The molecule has 4 N–H and O–H groups in total. The van der Waals surface area contributed by atoms with Gasteiger partial charge in [-0.05, 0) is 38.6 Å². The zero-order valence-electron chi connectivity index (χ0n) is 11.6. The Bertz CT molecular complexity index is 293. The average molecular weight is 271 g/mol. The van der Waals surface area contributed by atoms with Crippen molar-refractivity contribution in [1.82, 2.24) is 16.0 Å². The van der Waals surface area contributed by atoms with Gasteiger partial charge in [0.25, 0.3) is 0 Å². The maximum absolute atomic E-state index is 11.4. The highest BCUT2D eigenvalue weighted by Gasteiger charge is 2.19. The minimum atomic E-state index is -0.785. The van der Waals surface area contributed by atoms with Crippen molar-refractivity contribution in [3.8, 4) is 0 Å². The molecule has 110 valence electrons. The lowest BCUT2D eigenvalue weighted by atomic mass is 10.1. The Hall–Kier alpha value is -1.30. The van der Waals surface area contributed by atoms with Gasteiger partial charge in [-0.15, -0.1) is 0 Å². The Kier molecular flexibility index (Phi) is 7.25. The van der Waals surface area contributed by atoms with Crippen LogP contribution in [0.3, 0.4) is 0 Å². The molecule has 0 aliphatic heterocycles. The lowest BCUT2D eigenvalue weighted by Crippen LogP contribution is -2.37. The van der Waals surface area contributed by atoms with E-state index in [-0.39, 0.29) is 11.9 Å². The second kappa shape index (κ2) is 8.74. The van der Waals surface area contributed by atoms with E-state index in [1.54, 1.807) is 6.92 Å². The molecule has 1 unspecified atom stereocenters. The van der Waals surface area contributed by atoms with E-state index >= 15 is 0 Å². The Morgan fingerprint density at radius 2 is 1.79 bits per heavy atom. The maximum atomic E-state index is 11.4. The Labute approximate surface area is 114 Å². The van der Waals surface area contributed by atoms with Crippen LogP contribution in [0.4, 0.5) is 4.79 Å². The number of carboxylic acid groups (broad SMARTS) is 1. The van der Waals surface area contributed by atoms with E-state index in [2.05, 4.69) is 16.0 Å².